The molecular weight excluding hydrogens is 228 g/mol. The van der Waals surface area contributed by atoms with E-state index in [-0.39, 0.29) is 12.0 Å². The Hall–Kier alpha value is -1.32. The summed E-state index contributed by atoms with van der Waals surface area (Å²) < 4.78 is 11.2. The molecule has 1 aromatic carbocycles. The van der Waals surface area contributed by atoms with Gasteiger partial charge in [0.25, 0.3) is 0 Å². The first kappa shape index (κ1) is 11.8. The summed E-state index contributed by atoms with van der Waals surface area (Å²) in [4.78, 5) is 0. The Kier molecular flexibility index (Phi) is 2.88. The van der Waals surface area contributed by atoms with Crippen molar-refractivity contribution in [3.8, 4) is 0 Å². The van der Waals surface area contributed by atoms with Gasteiger partial charge < -0.3 is 14.3 Å². The van der Waals surface area contributed by atoms with Crippen LogP contribution in [0.5, 0.6) is 0 Å². The first-order valence-corrected chi connectivity index (χ1v) is 6.43. The maximum absolute atomic E-state index is 10.3. The van der Waals surface area contributed by atoms with Gasteiger partial charge in [0.2, 0.25) is 0 Å². The summed E-state index contributed by atoms with van der Waals surface area (Å²) in [7, 11) is 0. The van der Waals surface area contributed by atoms with E-state index in [4.69, 9.17) is 9.15 Å². The van der Waals surface area contributed by atoms with E-state index in [0.29, 0.717) is 12.4 Å². The molecule has 0 radical (unpaired) electrons. The van der Waals surface area contributed by atoms with Crippen LogP contribution < -0.4 is 0 Å². The maximum Gasteiger partial charge on any atom is 0.134 e. The lowest BCUT2D eigenvalue weighted by molar-refractivity contribution is 0.0681. The molecule has 3 rings (SSSR count). The molecule has 3 atom stereocenters. The van der Waals surface area contributed by atoms with Crippen molar-refractivity contribution in [3.63, 3.8) is 0 Å². The standard InChI is InChI=1S/C15H18O3/c1-9-3-4-13-11(5-9)7-14(18-13)15(16)12-6-10(2)17-8-12/h3-5,7,10,12,15-16H,6,8H2,1-2H3. The van der Waals surface area contributed by atoms with Crippen molar-refractivity contribution in [2.24, 2.45) is 5.92 Å². The second-order valence-corrected chi connectivity index (χ2v) is 5.27. The van der Waals surface area contributed by atoms with Crippen LogP contribution in [-0.2, 0) is 4.74 Å². The van der Waals surface area contributed by atoms with Gasteiger partial charge in [-0.3, -0.25) is 0 Å². The highest BCUT2D eigenvalue weighted by molar-refractivity contribution is 5.78. The minimum Gasteiger partial charge on any atom is -0.458 e. The molecule has 3 unspecified atom stereocenters. The summed E-state index contributed by atoms with van der Waals surface area (Å²) in [5.41, 5.74) is 2.03. The number of rotatable bonds is 2. The van der Waals surface area contributed by atoms with Crippen molar-refractivity contribution < 1.29 is 14.3 Å². The number of hydrogen-bond acceptors (Lipinski definition) is 3. The van der Waals surface area contributed by atoms with Gasteiger partial charge in [0.05, 0.1) is 12.7 Å². The van der Waals surface area contributed by atoms with Crippen LogP contribution in [0.2, 0.25) is 0 Å². The van der Waals surface area contributed by atoms with Gasteiger partial charge in [0.1, 0.15) is 17.4 Å². The molecule has 3 nitrogen and oxygen atoms in total. The molecule has 0 saturated carbocycles. The van der Waals surface area contributed by atoms with Gasteiger partial charge in [-0.2, -0.15) is 0 Å². The zero-order valence-electron chi connectivity index (χ0n) is 10.7. The molecule has 18 heavy (non-hydrogen) atoms. The van der Waals surface area contributed by atoms with Crippen molar-refractivity contribution in [1.82, 2.24) is 0 Å². The van der Waals surface area contributed by atoms with Crippen LogP contribution in [0.1, 0.15) is 30.8 Å². The van der Waals surface area contributed by atoms with Crippen LogP contribution in [0.3, 0.4) is 0 Å². The largest absolute Gasteiger partial charge is 0.458 e. The SMILES string of the molecule is Cc1ccc2oc(C(O)C3COC(C)C3)cc2c1. The van der Waals surface area contributed by atoms with E-state index in [9.17, 15) is 5.11 Å². The van der Waals surface area contributed by atoms with Gasteiger partial charge in [-0.05, 0) is 38.5 Å². The van der Waals surface area contributed by atoms with E-state index in [0.717, 1.165) is 17.4 Å². The third kappa shape index (κ3) is 2.04. The summed E-state index contributed by atoms with van der Waals surface area (Å²) in [6.07, 6.45) is 0.552. The minimum atomic E-state index is -0.567. The fourth-order valence-corrected chi connectivity index (χ4v) is 2.63. The van der Waals surface area contributed by atoms with Crippen LogP contribution >= 0.6 is 0 Å². The van der Waals surface area contributed by atoms with Gasteiger partial charge in [0, 0.05) is 11.3 Å². The average Bonchev–Trinajstić information content (AvgIpc) is 2.93. The molecule has 1 aliphatic rings. The topological polar surface area (TPSA) is 42.6 Å². The number of aliphatic hydroxyl groups is 1. The number of ether oxygens (including phenoxy) is 1. The second-order valence-electron chi connectivity index (χ2n) is 5.27. The summed E-state index contributed by atoms with van der Waals surface area (Å²) in [6.45, 7) is 4.70. The van der Waals surface area contributed by atoms with Gasteiger partial charge in [-0.15, -0.1) is 0 Å². The lowest BCUT2D eigenvalue weighted by Gasteiger charge is -2.13. The van der Waals surface area contributed by atoms with E-state index in [2.05, 4.69) is 13.0 Å². The molecule has 0 amide bonds. The zero-order valence-corrected chi connectivity index (χ0v) is 10.7. The Morgan fingerprint density at radius 1 is 1.33 bits per heavy atom. The molecule has 1 aliphatic heterocycles. The Bertz CT molecular complexity index is 558. The smallest absolute Gasteiger partial charge is 0.134 e. The van der Waals surface area contributed by atoms with Crippen molar-refractivity contribution >= 4 is 11.0 Å². The summed E-state index contributed by atoms with van der Waals surface area (Å²) in [5.74, 6) is 0.792. The van der Waals surface area contributed by atoms with Crippen LogP contribution in [0.15, 0.2) is 28.7 Å². The fourth-order valence-electron chi connectivity index (χ4n) is 2.63. The Morgan fingerprint density at radius 2 is 2.17 bits per heavy atom. The molecule has 2 aromatic rings. The highest BCUT2D eigenvalue weighted by Gasteiger charge is 2.31. The average molecular weight is 246 g/mol. The fraction of sp³-hybridized carbons (Fsp3) is 0.467. The van der Waals surface area contributed by atoms with E-state index >= 15 is 0 Å². The third-order valence-corrected chi connectivity index (χ3v) is 3.66. The highest BCUT2D eigenvalue weighted by Crippen LogP contribution is 2.34. The molecule has 1 saturated heterocycles. The molecule has 0 aliphatic carbocycles. The van der Waals surface area contributed by atoms with Crippen molar-refractivity contribution in [3.05, 3.63) is 35.6 Å². The predicted molar refractivity (Wildman–Crippen MR) is 69.4 cm³/mol. The quantitative estimate of drug-likeness (QED) is 0.884. The molecule has 2 heterocycles. The maximum atomic E-state index is 10.3. The zero-order chi connectivity index (χ0) is 12.7. The molecule has 1 N–H and O–H groups in total. The van der Waals surface area contributed by atoms with Crippen LogP contribution in [0, 0.1) is 12.8 Å². The second kappa shape index (κ2) is 4.41. The van der Waals surface area contributed by atoms with Crippen molar-refractivity contribution in [2.75, 3.05) is 6.61 Å². The van der Waals surface area contributed by atoms with E-state index in [1.165, 1.54) is 5.56 Å². The Morgan fingerprint density at radius 3 is 2.89 bits per heavy atom. The van der Waals surface area contributed by atoms with Gasteiger partial charge in [-0.1, -0.05) is 11.6 Å². The van der Waals surface area contributed by atoms with Gasteiger partial charge >= 0.3 is 0 Å². The van der Waals surface area contributed by atoms with E-state index in [1.54, 1.807) is 0 Å². The monoisotopic (exact) mass is 246 g/mol. The third-order valence-electron chi connectivity index (χ3n) is 3.66. The van der Waals surface area contributed by atoms with Gasteiger partial charge in [0.15, 0.2) is 0 Å². The minimum absolute atomic E-state index is 0.140. The Balaban J connectivity index is 1.89. The molecule has 1 aromatic heterocycles. The first-order chi connectivity index (χ1) is 8.63. The summed E-state index contributed by atoms with van der Waals surface area (Å²) in [6, 6.07) is 7.98. The van der Waals surface area contributed by atoms with E-state index < -0.39 is 6.10 Å². The summed E-state index contributed by atoms with van der Waals surface area (Å²) in [5, 5.41) is 11.4. The predicted octanol–water partition coefficient (Wildman–Crippen LogP) is 3.20. The molecule has 0 spiro atoms. The first-order valence-electron chi connectivity index (χ1n) is 6.43. The number of fused-ring (bicyclic) bond motifs is 1. The molecule has 0 bridgehead atoms. The lowest BCUT2D eigenvalue weighted by atomic mass is 9.97. The molecule has 3 heteroatoms. The highest BCUT2D eigenvalue weighted by atomic mass is 16.5. The van der Waals surface area contributed by atoms with Crippen molar-refractivity contribution in [2.45, 2.75) is 32.5 Å². The van der Waals surface area contributed by atoms with Crippen LogP contribution in [0.4, 0.5) is 0 Å². The summed E-state index contributed by atoms with van der Waals surface area (Å²) >= 11 is 0. The lowest BCUT2D eigenvalue weighted by Crippen LogP contribution is -2.11. The Labute approximate surface area is 106 Å². The number of aryl methyl sites for hydroxylation is 1. The van der Waals surface area contributed by atoms with Crippen LogP contribution in [0.25, 0.3) is 11.0 Å². The molecule has 96 valence electrons. The number of benzene rings is 1. The van der Waals surface area contributed by atoms with E-state index in [1.807, 2.05) is 25.1 Å². The number of furan rings is 1. The molecule has 1 fully saturated rings. The van der Waals surface area contributed by atoms with Crippen molar-refractivity contribution in [1.29, 1.82) is 0 Å². The van der Waals surface area contributed by atoms with Gasteiger partial charge in [-0.25, -0.2) is 0 Å². The number of hydrogen-bond donors (Lipinski definition) is 1. The normalized spacial score (nSPS) is 25.7. The number of aliphatic hydroxyl groups excluding tert-OH is 1. The molecular formula is C15H18O3. The van der Waals surface area contributed by atoms with Crippen LogP contribution in [-0.4, -0.2) is 17.8 Å².